The number of allylic oxidation sites excluding steroid dienone is 1. The third-order valence-electron chi connectivity index (χ3n) is 3.72. The molecule has 24 heavy (non-hydrogen) atoms. The van der Waals surface area contributed by atoms with Gasteiger partial charge in [-0.2, -0.15) is 5.26 Å². The van der Waals surface area contributed by atoms with Gasteiger partial charge in [0.1, 0.15) is 16.8 Å². The van der Waals surface area contributed by atoms with E-state index in [1.807, 2.05) is 35.7 Å². The van der Waals surface area contributed by atoms with Crippen LogP contribution in [0.2, 0.25) is 0 Å². The highest BCUT2D eigenvalue weighted by molar-refractivity contribution is 7.11. The van der Waals surface area contributed by atoms with Crippen LogP contribution in [0.15, 0.2) is 52.5 Å². The summed E-state index contributed by atoms with van der Waals surface area (Å²) < 4.78 is 5.35. The van der Waals surface area contributed by atoms with Gasteiger partial charge < -0.3 is 4.42 Å². The predicted octanol–water partition coefficient (Wildman–Crippen LogP) is 5.76. The minimum absolute atomic E-state index is 0.119. The molecule has 0 spiro atoms. The van der Waals surface area contributed by atoms with Gasteiger partial charge in [-0.15, -0.1) is 11.3 Å². The number of hydrogen-bond donors (Lipinski definition) is 0. The third-order valence-corrected chi connectivity index (χ3v) is 4.59. The van der Waals surface area contributed by atoms with Crippen LogP contribution in [0, 0.1) is 11.3 Å². The molecule has 3 aromatic rings. The van der Waals surface area contributed by atoms with Gasteiger partial charge >= 0.3 is 0 Å². The van der Waals surface area contributed by atoms with E-state index in [1.54, 1.807) is 6.26 Å². The summed E-state index contributed by atoms with van der Waals surface area (Å²) in [5.41, 5.74) is 3.69. The summed E-state index contributed by atoms with van der Waals surface area (Å²) in [5.74, 6) is 0.712. The molecule has 4 heteroatoms. The van der Waals surface area contributed by atoms with E-state index in [0.717, 1.165) is 11.3 Å². The van der Waals surface area contributed by atoms with Crippen LogP contribution in [-0.4, -0.2) is 4.98 Å². The SMILES string of the molecule is CC(C)(C)c1ccc(/C=C(/C#N)c2nc(-c3ccco3)cs2)cc1. The van der Waals surface area contributed by atoms with Gasteiger partial charge in [0.2, 0.25) is 0 Å². The molecule has 2 aromatic heterocycles. The van der Waals surface area contributed by atoms with Crippen molar-refractivity contribution in [2.75, 3.05) is 0 Å². The molecule has 2 heterocycles. The van der Waals surface area contributed by atoms with Crippen molar-refractivity contribution < 1.29 is 4.42 Å². The molecular weight excluding hydrogens is 316 g/mol. The van der Waals surface area contributed by atoms with E-state index in [0.29, 0.717) is 16.3 Å². The largest absolute Gasteiger partial charge is 0.463 e. The molecule has 0 N–H and O–H groups in total. The molecule has 120 valence electrons. The van der Waals surface area contributed by atoms with E-state index in [2.05, 4.69) is 44.0 Å². The highest BCUT2D eigenvalue weighted by atomic mass is 32.1. The average Bonchev–Trinajstić information content (AvgIpc) is 3.23. The Morgan fingerprint density at radius 1 is 1.21 bits per heavy atom. The lowest BCUT2D eigenvalue weighted by atomic mass is 9.86. The minimum atomic E-state index is 0.119. The normalized spacial score (nSPS) is 12.2. The zero-order chi connectivity index (χ0) is 17.2. The lowest BCUT2D eigenvalue weighted by Crippen LogP contribution is -2.10. The standard InChI is InChI=1S/C20H18N2OS/c1-20(2,3)16-8-6-14(7-9-16)11-15(12-21)19-22-17(13-24-19)18-5-4-10-23-18/h4-11,13H,1-3H3/b15-11-. The maximum Gasteiger partial charge on any atom is 0.153 e. The van der Waals surface area contributed by atoms with E-state index in [9.17, 15) is 5.26 Å². The van der Waals surface area contributed by atoms with E-state index in [-0.39, 0.29) is 5.41 Å². The van der Waals surface area contributed by atoms with Gasteiger partial charge in [-0.05, 0) is 34.8 Å². The number of thiazole rings is 1. The van der Waals surface area contributed by atoms with E-state index < -0.39 is 0 Å². The van der Waals surface area contributed by atoms with Crippen LogP contribution in [0.3, 0.4) is 0 Å². The molecule has 0 amide bonds. The van der Waals surface area contributed by atoms with Crippen molar-refractivity contribution in [2.45, 2.75) is 26.2 Å². The van der Waals surface area contributed by atoms with Gasteiger partial charge in [0.25, 0.3) is 0 Å². The average molecular weight is 334 g/mol. The van der Waals surface area contributed by atoms with Crippen LogP contribution in [0.1, 0.15) is 36.9 Å². The number of furan rings is 1. The Hall–Kier alpha value is -2.64. The lowest BCUT2D eigenvalue weighted by molar-refractivity contribution is 0.580. The smallest absolute Gasteiger partial charge is 0.153 e. The maximum atomic E-state index is 9.49. The van der Waals surface area contributed by atoms with Gasteiger partial charge in [0.05, 0.1) is 11.8 Å². The van der Waals surface area contributed by atoms with Crippen molar-refractivity contribution in [2.24, 2.45) is 0 Å². The number of benzene rings is 1. The molecule has 1 aromatic carbocycles. The van der Waals surface area contributed by atoms with Crippen LogP contribution < -0.4 is 0 Å². The number of nitriles is 1. The third kappa shape index (κ3) is 3.47. The van der Waals surface area contributed by atoms with Crippen molar-refractivity contribution in [1.29, 1.82) is 5.26 Å². The Kier molecular flexibility index (Phi) is 4.37. The molecule has 3 rings (SSSR count). The van der Waals surface area contributed by atoms with E-state index in [1.165, 1.54) is 16.9 Å². The topological polar surface area (TPSA) is 49.8 Å². The number of nitrogens with zero attached hydrogens (tertiary/aromatic N) is 2. The fourth-order valence-electron chi connectivity index (χ4n) is 2.32. The molecular formula is C20H18N2OS. The number of rotatable bonds is 3. The molecule has 0 radical (unpaired) electrons. The van der Waals surface area contributed by atoms with Crippen molar-refractivity contribution >= 4 is 23.0 Å². The molecule has 3 nitrogen and oxygen atoms in total. The Morgan fingerprint density at radius 2 is 1.96 bits per heavy atom. The summed E-state index contributed by atoms with van der Waals surface area (Å²) in [5, 5.41) is 12.1. The second-order valence-corrected chi connectivity index (χ2v) is 7.42. The predicted molar refractivity (Wildman–Crippen MR) is 98.4 cm³/mol. The van der Waals surface area contributed by atoms with Crippen LogP contribution in [-0.2, 0) is 5.41 Å². The highest BCUT2D eigenvalue weighted by Gasteiger charge is 2.13. The van der Waals surface area contributed by atoms with Crippen molar-refractivity contribution in [3.63, 3.8) is 0 Å². The Labute approximate surface area is 145 Å². The maximum absolute atomic E-state index is 9.49. The summed E-state index contributed by atoms with van der Waals surface area (Å²) in [4.78, 5) is 4.51. The Morgan fingerprint density at radius 3 is 2.54 bits per heavy atom. The Bertz CT molecular complexity index is 889. The quantitative estimate of drug-likeness (QED) is 0.572. The molecule has 0 atom stereocenters. The number of hydrogen-bond acceptors (Lipinski definition) is 4. The van der Waals surface area contributed by atoms with Crippen molar-refractivity contribution in [3.8, 4) is 17.5 Å². The number of aromatic nitrogens is 1. The first-order chi connectivity index (χ1) is 11.5. The first-order valence-corrected chi connectivity index (χ1v) is 8.57. The van der Waals surface area contributed by atoms with Crippen molar-refractivity contribution in [3.05, 3.63) is 64.2 Å². The zero-order valence-corrected chi connectivity index (χ0v) is 14.7. The molecule has 0 unspecified atom stereocenters. The van der Waals surface area contributed by atoms with Crippen LogP contribution in [0.4, 0.5) is 0 Å². The molecule has 0 aliphatic heterocycles. The first-order valence-electron chi connectivity index (χ1n) is 7.69. The van der Waals surface area contributed by atoms with Crippen LogP contribution in [0.25, 0.3) is 23.1 Å². The molecule has 0 saturated heterocycles. The Balaban J connectivity index is 1.89. The second-order valence-electron chi connectivity index (χ2n) is 6.56. The summed E-state index contributed by atoms with van der Waals surface area (Å²) >= 11 is 1.45. The molecule has 0 saturated carbocycles. The summed E-state index contributed by atoms with van der Waals surface area (Å²) in [6, 6.07) is 14.2. The molecule has 0 bridgehead atoms. The summed E-state index contributed by atoms with van der Waals surface area (Å²) in [6.07, 6.45) is 3.49. The molecule has 0 fully saturated rings. The fraction of sp³-hybridized carbons (Fsp3) is 0.200. The second kappa shape index (κ2) is 6.46. The van der Waals surface area contributed by atoms with E-state index in [4.69, 9.17) is 4.42 Å². The van der Waals surface area contributed by atoms with Gasteiger partial charge in [0, 0.05) is 5.38 Å². The summed E-state index contributed by atoms with van der Waals surface area (Å²) in [6.45, 7) is 6.55. The van der Waals surface area contributed by atoms with E-state index >= 15 is 0 Å². The van der Waals surface area contributed by atoms with Gasteiger partial charge in [-0.1, -0.05) is 45.0 Å². The van der Waals surface area contributed by atoms with Crippen LogP contribution in [0.5, 0.6) is 0 Å². The monoisotopic (exact) mass is 334 g/mol. The minimum Gasteiger partial charge on any atom is -0.463 e. The molecule has 0 aliphatic carbocycles. The van der Waals surface area contributed by atoms with Gasteiger partial charge in [-0.25, -0.2) is 4.98 Å². The summed E-state index contributed by atoms with van der Waals surface area (Å²) in [7, 11) is 0. The van der Waals surface area contributed by atoms with Gasteiger partial charge in [-0.3, -0.25) is 0 Å². The fourth-order valence-corrected chi connectivity index (χ4v) is 3.10. The highest BCUT2D eigenvalue weighted by Crippen LogP contribution is 2.28. The van der Waals surface area contributed by atoms with Gasteiger partial charge in [0.15, 0.2) is 5.76 Å². The lowest BCUT2D eigenvalue weighted by Gasteiger charge is -2.18. The van der Waals surface area contributed by atoms with Crippen molar-refractivity contribution in [1.82, 2.24) is 4.98 Å². The zero-order valence-electron chi connectivity index (χ0n) is 13.9. The molecule has 0 aliphatic rings. The van der Waals surface area contributed by atoms with Crippen LogP contribution >= 0.6 is 11.3 Å². The first kappa shape index (κ1) is 16.2.